The molecule has 1 unspecified atom stereocenters. The molecule has 0 aliphatic rings. The SMILES string of the molecule is CCCCCC(Cl)/C=N/O. The van der Waals surface area contributed by atoms with Crippen molar-refractivity contribution in [2.24, 2.45) is 5.16 Å². The van der Waals surface area contributed by atoms with Gasteiger partial charge in [0.2, 0.25) is 0 Å². The van der Waals surface area contributed by atoms with Gasteiger partial charge in [-0.3, -0.25) is 0 Å². The third-order valence-corrected chi connectivity index (χ3v) is 1.64. The van der Waals surface area contributed by atoms with Gasteiger partial charge in [0.15, 0.2) is 0 Å². The van der Waals surface area contributed by atoms with Gasteiger partial charge in [0, 0.05) is 0 Å². The molecule has 0 saturated carbocycles. The van der Waals surface area contributed by atoms with Gasteiger partial charge in [-0.15, -0.1) is 16.8 Å². The summed E-state index contributed by atoms with van der Waals surface area (Å²) >= 11 is 5.71. The number of halogens is 1. The fourth-order valence-corrected chi connectivity index (χ4v) is 0.941. The molecule has 0 rings (SSSR count). The number of hydrogen-bond acceptors (Lipinski definition) is 2. The summed E-state index contributed by atoms with van der Waals surface area (Å²) < 4.78 is 0. The van der Waals surface area contributed by atoms with Crippen LogP contribution in [-0.4, -0.2) is 16.8 Å². The van der Waals surface area contributed by atoms with Crippen LogP contribution in [0.4, 0.5) is 0 Å². The number of nitrogens with zero attached hydrogens (tertiary/aromatic N) is 1. The highest BCUT2D eigenvalue weighted by molar-refractivity contribution is 6.28. The van der Waals surface area contributed by atoms with Gasteiger partial charge >= 0.3 is 0 Å². The third-order valence-electron chi connectivity index (χ3n) is 1.31. The molecule has 10 heavy (non-hydrogen) atoms. The Morgan fingerprint density at radius 3 is 2.80 bits per heavy atom. The molecule has 0 amide bonds. The van der Waals surface area contributed by atoms with Crippen LogP contribution in [0.3, 0.4) is 0 Å². The number of alkyl halides is 1. The zero-order valence-electron chi connectivity index (χ0n) is 6.26. The van der Waals surface area contributed by atoms with Crippen molar-refractivity contribution >= 4 is 17.8 Å². The minimum absolute atomic E-state index is 0.100. The van der Waals surface area contributed by atoms with E-state index in [1.807, 2.05) is 0 Å². The van der Waals surface area contributed by atoms with Crippen LogP contribution in [0.5, 0.6) is 0 Å². The van der Waals surface area contributed by atoms with E-state index in [2.05, 4.69) is 12.1 Å². The molecule has 0 bridgehead atoms. The number of unbranched alkanes of at least 4 members (excludes halogenated alkanes) is 2. The van der Waals surface area contributed by atoms with Gasteiger partial charge in [-0.05, 0) is 6.42 Å². The van der Waals surface area contributed by atoms with Gasteiger partial charge in [0.1, 0.15) is 0 Å². The monoisotopic (exact) mass is 163 g/mol. The van der Waals surface area contributed by atoms with Crippen LogP contribution in [0.25, 0.3) is 0 Å². The van der Waals surface area contributed by atoms with Crippen LogP contribution >= 0.6 is 11.6 Å². The fourth-order valence-electron chi connectivity index (χ4n) is 0.736. The van der Waals surface area contributed by atoms with Crippen molar-refractivity contribution in [2.45, 2.75) is 38.0 Å². The average molecular weight is 164 g/mol. The first kappa shape index (κ1) is 9.76. The number of hydrogen-bond donors (Lipinski definition) is 1. The topological polar surface area (TPSA) is 32.6 Å². The van der Waals surface area contributed by atoms with E-state index in [1.54, 1.807) is 0 Å². The van der Waals surface area contributed by atoms with E-state index in [0.29, 0.717) is 0 Å². The first-order valence-electron chi connectivity index (χ1n) is 3.63. The molecular weight excluding hydrogens is 150 g/mol. The lowest BCUT2D eigenvalue weighted by molar-refractivity contribution is 0.320. The molecule has 2 nitrogen and oxygen atoms in total. The lowest BCUT2D eigenvalue weighted by Gasteiger charge is -1.99. The Morgan fingerprint density at radius 2 is 2.30 bits per heavy atom. The lowest BCUT2D eigenvalue weighted by Crippen LogP contribution is -1.99. The normalized spacial score (nSPS) is 14.2. The van der Waals surface area contributed by atoms with E-state index in [-0.39, 0.29) is 5.38 Å². The van der Waals surface area contributed by atoms with E-state index in [0.717, 1.165) is 12.8 Å². The molecule has 0 saturated heterocycles. The first-order chi connectivity index (χ1) is 4.81. The molecule has 0 heterocycles. The lowest BCUT2D eigenvalue weighted by atomic mass is 10.2. The summed E-state index contributed by atoms with van der Waals surface area (Å²) in [7, 11) is 0. The molecule has 1 N–H and O–H groups in total. The Bertz CT molecular complexity index is 95.6. The highest BCUT2D eigenvalue weighted by Crippen LogP contribution is 2.06. The fraction of sp³-hybridized carbons (Fsp3) is 0.857. The summed E-state index contributed by atoms with van der Waals surface area (Å²) in [4.78, 5) is 0. The molecule has 3 heteroatoms. The summed E-state index contributed by atoms with van der Waals surface area (Å²) in [5.41, 5.74) is 0. The molecule has 0 aromatic rings. The van der Waals surface area contributed by atoms with Crippen molar-refractivity contribution in [1.82, 2.24) is 0 Å². The van der Waals surface area contributed by atoms with E-state index >= 15 is 0 Å². The second-order valence-corrected chi connectivity index (χ2v) is 2.84. The molecule has 0 aliphatic carbocycles. The zero-order chi connectivity index (χ0) is 7.82. The summed E-state index contributed by atoms with van der Waals surface area (Å²) in [5.74, 6) is 0. The predicted octanol–water partition coefficient (Wildman–Crippen LogP) is 2.63. The van der Waals surface area contributed by atoms with Crippen molar-refractivity contribution in [3.63, 3.8) is 0 Å². The van der Waals surface area contributed by atoms with E-state index in [9.17, 15) is 0 Å². The number of rotatable bonds is 5. The maximum Gasteiger partial charge on any atom is 0.0721 e. The third kappa shape index (κ3) is 5.89. The standard InChI is InChI=1S/C7H14ClNO/c1-2-3-4-5-7(8)6-9-10/h6-7,10H,2-5H2,1H3/b9-6+. The quantitative estimate of drug-likeness (QED) is 0.218. The van der Waals surface area contributed by atoms with Crippen molar-refractivity contribution < 1.29 is 5.21 Å². The summed E-state index contributed by atoms with van der Waals surface area (Å²) in [5, 5.41) is 10.8. The van der Waals surface area contributed by atoms with Crippen LogP contribution < -0.4 is 0 Å². The molecule has 60 valence electrons. The highest BCUT2D eigenvalue weighted by atomic mass is 35.5. The molecule has 0 fully saturated rings. The van der Waals surface area contributed by atoms with Crippen LogP contribution in [0.2, 0.25) is 0 Å². The zero-order valence-corrected chi connectivity index (χ0v) is 7.01. The predicted molar refractivity (Wildman–Crippen MR) is 44.1 cm³/mol. The van der Waals surface area contributed by atoms with Crippen molar-refractivity contribution in [3.05, 3.63) is 0 Å². The molecule has 0 aromatic carbocycles. The van der Waals surface area contributed by atoms with E-state index < -0.39 is 0 Å². The second kappa shape index (κ2) is 6.87. The highest BCUT2D eigenvalue weighted by Gasteiger charge is 1.98. The Morgan fingerprint density at radius 1 is 1.60 bits per heavy atom. The van der Waals surface area contributed by atoms with Gasteiger partial charge < -0.3 is 5.21 Å². The first-order valence-corrected chi connectivity index (χ1v) is 4.06. The molecule has 0 radical (unpaired) electrons. The molecular formula is C7H14ClNO. The van der Waals surface area contributed by atoms with Crippen LogP contribution in [-0.2, 0) is 0 Å². The molecule has 0 aromatic heterocycles. The Balaban J connectivity index is 3.13. The summed E-state index contributed by atoms with van der Waals surface area (Å²) in [6.45, 7) is 2.14. The van der Waals surface area contributed by atoms with E-state index in [4.69, 9.17) is 16.8 Å². The van der Waals surface area contributed by atoms with Crippen LogP contribution in [0, 0.1) is 0 Å². The van der Waals surface area contributed by atoms with Crippen molar-refractivity contribution in [1.29, 1.82) is 0 Å². The number of oxime groups is 1. The molecule has 0 spiro atoms. The van der Waals surface area contributed by atoms with Crippen molar-refractivity contribution in [3.8, 4) is 0 Å². The van der Waals surface area contributed by atoms with Gasteiger partial charge in [0.05, 0.1) is 11.6 Å². The van der Waals surface area contributed by atoms with Gasteiger partial charge in [-0.2, -0.15) is 0 Å². The average Bonchev–Trinajstić information content (AvgIpc) is 1.89. The summed E-state index contributed by atoms with van der Waals surface area (Å²) in [6.07, 6.45) is 5.76. The molecule has 1 atom stereocenters. The second-order valence-electron chi connectivity index (χ2n) is 2.28. The Hall–Kier alpha value is -0.240. The minimum Gasteiger partial charge on any atom is -0.411 e. The maximum absolute atomic E-state index is 8.08. The minimum atomic E-state index is -0.100. The van der Waals surface area contributed by atoms with Gasteiger partial charge in [-0.1, -0.05) is 26.2 Å². The van der Waals surface area contributed by atoms with Gasteiger partial charge in [-0.25, -0.2) is 0 Å². The molecule has 0 aliphatic heterocycles. The van der Waals surface area contributed by atoms with Gasteiger partial charge in [0.25, 0.3) is 0 Å². The van der Waals surface area contributed by atoms with Crippen molar-refractivity contribution in [2.75, 3.05) is 0 Å². The largest absolute Gasteiger partial charge is 0.411 e. The summed E-state index contributed by atoms with van der Waals surface area (Å²) in [6, 6.07) is 0. The van der Waals surface area contributed by atoms with E-state index in [1.165, 1.54) is 19.1 Å². The Kier molecular flexibility index (Phi) is 6.71. The Labute approximate surface area is 66.9 Å². The van der Waals surface area contributed by atoms with Crippen LogP contribution in [0.15, 0.2) is 5.16 Å². The van der Waals surface area contributed by atoms with Crippen LogP contribution in [0.1, 0.15) is 32.6 Å². The maximum atomic E-state index is 8.08. The smallest absolute Gasteiger partial charge is 0.0721 e.